The maximum atomic E-state index is 12.3. The second-order valence-electron chi connectivity index (χ2n) is 9.74. The molecule has 0 heterocycles. The average Bonchev–Trinajstić information content (AvgIpc) is 3.10. The number of rotatable bonds is 9. The molecular weight excluding hydrogens is 432 g/mol. The maximum Gasteiger partial charge on any atom is 0.407 e. The highest BCUT2D eigenvalue weighted by Gasteiger charge is 2.33. The van der Waals surface area contributed by atoms with Gasteiger partial charge in [-0.3, -0.25) is 4.79 Å². The molecule has 2 aliphatic rings. The molecule has 0 aromatic heterocycles. The molecule has 7 heteroatoms. The molecule has 1 atom stereocenters. The number of carbonyl (C=O) groups is 3. The molecule has 2 aliphatic carbocycles. The number of amides is 2. The Hall–Kier alpha value is -3.35. The molecular formula is C27H32N2O5. The predicted molar refractivity (Wildman–Crippen MR) is 128 cm³/mol. The molecule has 180 valence electrons. The third-order valence-electron chi connectivity index (χ3n) is 6.94. The Morgan fingerprint density at radius 3 is 2.12 bits per heavy atom. The Morgan fingerprint density at radius 1 is 0.971 bits per heavy atom. The first kappa shape index (κ1) is 23.8. The van der Waals surface area contributed by atoms with Gasteiger partial charge in [0.15, 0.2) is 0 Å². The Kier molecular flexibility index (Phi) is 7.20. The first-order chi connectivity index (χ1) is 16.3. The zero-order chi connectivity index (χ0) is 24.2. The molecule has 4 rings (SSSR count). The molecule has 1 saturated carbocycles. The first-order valence-corrected chi connectivity index (χ1v) is 11.9. The number of carbonyl (C=O) groups excluding carboxylic acids is 2. The zero-order valence-electron chi connectivity index (χ0n) is 19.6. The minimum absolute atomic E-state index is 0.0326. The number of ether oxygens (including phenoxy) is 1. The summed E-state index contributed by atoms with van der Waals surface area (Å²) in [6.45, 7) is 4.34. The highest BCUT2D eigenvalue weighted by atomic mass is 16.5. The van der Waals surface area contributed by atoms with Crippen LogP contribution in [0.1, 0.15) is 50.2 Å². The van der Waals surface area contributed by atoms with Gasteiger partial charge in [-0.05, 0) is 52.8 Å². The van der Waals surface area contributed by atoms with Gasteiger partial charge in [0.2, 0.25) is 5.91 Å². The van der Waals surface area contributed by atoms with E-state index in [1.54, 1.807) is 13.8 Å². The van der Waals surface area contributed by atoms with Gasteiger partial charge in [0.1, 0.15) is 12.6 Å². The highest BCUT2D eigenvalue weighted by molar-refractivity contribution is 5.84. The number of alkyl carbamates (subject to hydrolysis) is 1. The van der Waals surface area contributed by atoms with Crippen LogP contribution >= 0.6 is 0 Å². The van der Waals surface area contributed by atoms with Gasteiger partial charge in [-0.2, -0.15) is 0 Å². The molecule has 0 aliphatic heterocycles. The van der Waals surface area contributed by atoms with Crippen molar-refractivity contribution in [2.75, 3.05) is 13.2 Å². The van der Waals surface area contributed by atoms with Crippen molar-refractivity contribution in [3.8, 4) is 11.1 Å². The zero-order valence-corrected chi connectivity index (χ0v) is 19.6. The van der Waals surface area contributed by atoms with Crippen molar-refractivity contribution in [2.45, 2.75) is 45.1 Å². The van der Waals surface area contributed by atoms with Crippen molar-refractivity contribution in [3.63, 3.8) is 0 Å². The fourth-order valence-electron chi connectivity index (χ4n) is 5.09. The van der Waals surface area contributed by atoms with E-state index in [0.29, 0.717) is 18.9 Å². The molecule has 0 bridgehead atoms. The van der Waals surface area contributed by atoms with E-state index < -0.39 is 18.1 Å². The summed E-state index contributed by atoms with van der Waals surface area (Å²) in [5, 5.41) is 14.7. The van der Waals surface area contributed by atoms with E-state index in [0.717, 1.165) is 12.8 Å². The maximum absolute atomic E-state index is 12.3. The first-order valence-electron chi connectivity index (χ1n) is 11.9. The van der Waals surface area contributed by atoms with Crippen LogP contribution in [-0.4, -0.2) is 42.3 Å². The third kappa shape index (κ3) is 5.24. The lowest BCUT2D eigenvalue weighted by Crippen LogP contribution is -2.46. The molecule has 34 heavy (non-hydrogen) atoms. The summed E-state index contributed by atoms with van der Waals surface area (Å²) >= 11 is 0. The summed E-state index contributed by atoms with van der Waals surface area (Å²) in [7, 11) is 0. The van der Waals surface area contributed by atoms with Gasteiger partial charge < -0.3 is 20.5 Å². The second-order valence-corrected chi connectivity index (χ2v) is 9.74. The average molecular weight is 465 g/mol. The van der Waals surface area contributed by atoms with Gasteiger partial charge in [-0.15, -0.1) is 0 Å². The summed E-state index contributed by atoms with van der Waals surface area (Å²) < 4.78 is 5.57. The van der Waals surface area contributed by atoms with Gasteiger partial charge in [-0.1, -0.05) is 62.4 Å². The molecule has 2 aromatic carbocycles. The van der Waals surface area contributed by atoms with E-state index in [2.05, 4.69) is 34.9 Å². The molecule has 3 N–H and O–H groups in total. The monoisotopic (exact) mass is 464 g/mol. The lowest BCUT2D eigenvalue weighted by Gasteiger charge is -2.35. The predicted octanol–water partition coefficient (Wildman–Crippen LogP) is 4.17. The normalized spacial score (nSPS) is 19.5. The van der Waals surface area contributed by atoms with E-state index in [9.17, 15) is 19.5 Å². The molecule has 0 saturated heterocycles. The van der Waals surface area contributed by atoms with Crippen molar-refractivity contribution in [2.24, 2.45) is 17.8 Å². The fourth-order valence-corrected chi connectivity index (χ4v) is 5.09. The number of nitrogens with one attached hydrogen (secondary N) is 2. The van der Waals surface area contributed by atoms with Crippen LogP contribution in [0.3, 0.4) is 0 Å². The number of aliphatic carboxylic acids is 1. The Morgan fingerprint density at radius 2 is 1.56 bits per heavy atom. The molecule has 2 amide bonds. The number of hydrogen-bond donors (Lipinski definition) is 3. The van der Waals surface area contributed by atoms with E-state index in [4.69, 9.17) is 4.74 Å². The number of carboxylic acid groups (broad SMARTS) is 1. The van der Waals surface area contributed by atoms with Crippen LogP contribution < -0.4 is 10.6 Å². The van der Waals surface area contributed by atoms with Crippen molar-refractivity contribution < 1.29 is 24.2 Å². The van der Waals surface area contributed by atoms with Crippen LogP contribution in [-0.2, 0) is 14.3 Å². The van der Waals surface area contributed by atoms with Gasteiger partial charge in [0.05, 0.1) is 0 Å². The number of fused-ring (bicyclic) bond motifs is 3. The minimum Gasteiger partial charge on any atom is -0.480 e. The van der Waals surface area contributed by atoms with Crippen molar-refractivity contribution in [1.29, 1.82) is 0 Å². The van der Waals surface area contributed by atoms with Gasteiger partial charge >= 0.3 is 12.1 Å². The molecule has 2 aromatic rings. The highest BCUT2D eigenvalue weighted by Crippen LogP contribution is 2.44. The van der Waals surface area contributed by atoms with Crippen molar-refractivity contribution in [1.82, 2.24) is 10.6 Å². The SMILES string of the molecule is CC(C)[C@@H](NC(=O)CC1CC(CNC(=O)OCC2c3ccccc3-c3ccccc32)C1)C(=O)O. The summed E-state index contributed by atoms with van der Waals surface area (Å²) in [5.41, 5.74) is 4.75. The third-order valence-corrected chi connectivity index (χ3v) is 6.94. The number of benzene rings is 2. The lowest BCUT2D eigenvalue weighted by atomic mass is 9.73. The summed E-state index contributed by atoms with van der Waals surface area (Å²) in [6.07, 6.45) is 1.55. The Balaban J connectivity index is 1.18. The van der Waals surface area contributed by atoms with Crippen molar-refractivity contribution in [3.05, 3.63) is 59.7 Å². The number of hydrogen-bond acceptors (Lipinski definition) is 4. The fraction of sp³-hybridized carbons (Fsp3) is 0.444. The van der Waals surface area contributed by atoms with E-state index in [1.807, 2.05) is 24.3 Å². The van der Waals surface area contributed by atoms with Crippen LogP contribution in [0.15, 0.2) is 48.5 Å². The number of carboxylic acids is 1. The van der Waals surface area contributed by atoms with Gasteiger partial charge in [0, 0.05) is 18.9 Å². The Labute approximate surface area is 199 Å². The topological polar surface area (TPSA) is 105 Å². The van der Waals surface area contributed by atoms with E-state index >= 15 is 0 Å². The molecule has 0 spiro atoms. The van der Waals surface area contributed by atoms with E-state index in [1.165, 1.54) is 22.3 Å². The van der Waals surface area contributed by atoms with Crippen LogP contribution in [0.5, 0.6) is 0 Å². The van der Waals surface area contributed by atoms with E-state index in [-0.39, 0.29) is 30.3 Å². The summed E-state index contributed by atoms with van der Waals surface area (Å²) in [5.74, 6) is -0.854. The standard InChI is InChI=1S/C27H32N2O5/c1-16(2)25(26(31)32)29-24(30)13-17-11-18(12-17)14-28-27(33)34-15-23-21-9-5-3-7-19(21)20-8-4-6-10-22(20)23/h3-10,16-18,23,25H,11-15H2,1-2H3,(H,28,33)(H,29,30)(H,31,32)/t17?,18?,25-/m1/s1. The minimum atomic E-state index is -1.01. The molecule has 0 radical (unpaired) electrons. The van der Waals surface area contributed by atoms with Crippen LogP contribution in [0.25, 0.3) is 11.1 Å². The quantitative estimate of drug-likeness (QED) is 0.517. The summed E-state index contributed by atoms with van der Waals surface area (Å²) in [4.78, 5) is 35.7. The molecule has 7 nitrogen and oxygen atoms in total. The van der Waals surface area contributed by atoms with Gasteiger partial charge in [-0.25, -0.2) is 9.59 Å². The summed E-state index contributed by atoms with van der Waals surface area (Å²) in [6, 6.07) is 15.6. The molecule has 1 fully saturated rings. The van der Waals surface area contributed by atoms with Crippen molar-refractivity contribution >= 4 is 18.0 Å². The smallest absolute Gasteiger partial charge is 0.407 e. The van der Waals surface area contributed by atoms with Crippen LogP contribution in [0.2, 0.25) is 0 Å². The second kappa shape index (κ2) is 10.3. The lowest BCUT2D eigenvalue weighted by molar-refractivity contribution is -0.143. The Bertz CT molecular complexity index is 1010. The van der Waals surface area contributed by atoms with Gasteiger partial charge in [0.25, 0.3) is 0 Å². The van der Waals surface area contributed by atoms with Crippen LogP contribution in [0.4, 0.5) is 4.79 Å². The van der Waals surface area contributed by atoms with Crippen LogP contribution in [0, 0.1) is 17.8 Å². The largest absolute Gasteiger partial charge is 0.480 e. The molecule has 0 unspecified atom stereocenters.